The minimum atomic E-state index is 0.123. The molecule has 0 aliphatic heterocycles. The molecule has 0 amide bonds. The average molecular weight is 682 g/mol. The van der Waals surface area contributed by atoms with Crippen molar-refractivity contribution in [1.82, 2.24) is 24.9 Å². The number of benzene rings is 6. The van der Waals surface area contributed by atoms with Crippen molar-refractivity contribution in [3.05, 3.63) is 175 Å². The Morgan fingerprint density at radius 2 is 1.04 bits per heavy atom. The van der Waals surface area contributed by atoms with Gasteiger partial charge in [0, 0.05) is 38.8 Å². The van der Waals surface area contributed by atoms with Crippen molar-refractivity contribution in [1.29, 1.82) is 0 Å². The van der Waals surface area contributed by atoms with Crippen LogP contribution in [-0.2, 0) is 5.41 Å². The van der Waals surface area contributed by atoms with Gasteiger partial charge in [-0.25, -0.2) is 24.9 Å². The summed E-state index contributed by atoms with van der Waals surface area (Å²) in [6.07, 6.45) is 8.50. The van der Waals surface area contributed by atoms with Gasteiger partial charge in [0.05, 0.1) is 11.4 Å². The lowest BCUT2D eigenvalue weighted by atomic mass is 9.79. The summed E-state index contributed by atoms with van der Waals surface area (Å²) in [7, 11) is 0. The first-order valence-corrected chi connectivity index (χ1v) is 18.3. The summed E-state index contributed by atoms with van der Waals surface area (Å²) in [5.41, 5.74) is 9.19. The molecule has 2 bridgehead atoms. The van der Waals surface area contributed by atoms with E-state index in [-0.39, 0.29) is 5.41 Å². The van der Waals surface area contributed by atoms with E-state index < -0.39 is 0 Å². The number of fused-ring (bicyclic) bond motifs is 3. The Labute approximate surface area is 308 Å². The maximum absolute atomic E-state index is 5.18. The fraction of sp³-hybridized carbons (Fsp3) is 0.104. The van der Waals surface area contributed by atoms with Crippen LogP contribution in [0.5, 0.6) is 0 Å². The van der Waals surface area contributed by atoms with Gasteiger partial charge in [0.15, 0.2) is 23.3 Å². The third kappa shape index (κ3) is 5.81. The van der Waals surface area contributed by atoms with Crippen molar-refractivity contribution < 1.29 is 0 Å². The van der Waals surface area contributed by atoms with Gasteiger partial charge in [0.2, 0.25) is 0 Å². The first kappa shape index (κ1) is 31.2. The SMILES string of the molecule is C1=CC2(c3cccc(-c4nc(-c5ccccc5)nc(-c5cccc6cc(-c7nc(-c8ccccc8)cc(-c8ccccc8)n7)ccc56)n4)c3)CCC1C2. The molecular weight excluding hydrogens is 647 g/mol. The highest BCUT2D eigenvalue weighted by atomic mass is 15.0. The smallest absolute Gasteiger partial charge is 0.164 e. The Hall–Kier alpha value is -6.59. The molecule has 5 nitrogen and oxygen atoms in total. The van der Waals surface area contributed by atoms with Gasteiger partial charge >= 0.3 is 0 Å². The zero-order valence-electron chi connectivity index (χ0n) is 29.1. The van der Waals surface area contributed by atoms with Crippen LogP contribution < -0.4 is 0 Å². The molecule has 10 rings (SSSR count). The Balaban J connectivity index is 1.09. The van der Waals surface area contributed by atoms with Crippen molar-refractivity contribution >= 4 is 10.8 Å². The van der Waals surface area contributed by atoms with E-state index in [1.807, 2.05) is 54.6 Å². The van der Waals surface area contributed by atoms with E-state index in [1.165, 1.54) is 24.8 Å². The molecule has 0 N–H and O–H groups in total. The second-order valence-electron chi connectivity index (χ2n) is 14.2. The van der Waals surface area contributed by atoms with Crippen molar-refractivity contribution in [2.24, 2.45) is 5.92 Å². The molecule has 6 aromatic carbocycles. The topological polar surface area (TPSA) is 64.5 Å². The monoisotopic (exact) mass is 681 g/mol. The lowest BCUT2D eigenvalue weighted by Gasteiger charge is -2.24. The molecule has 2 unspecified atom stereocenters. The molecule has 2 heterocycles. The van der Waals surface area contributed by atoms with Crippen molar-refractivity contribution in [3.8, 4) is 68.1 Å². The normalized spacial score (nSPS) is 17.4. The molecule has 1 saturated carbocycles. The lowest BCUT2D eigenvalue weighted by molar-refractivity contribution is 0.567. The fourth-order valence-electron chi connectivity index (χ4n) is 8.13. The van der Waals surface area contributed by atoms with Crippen LogP contribution in [0.3, 0.4) is 0 Å². The maximum Gasteiger partial charge on any atom is 0.164 e. The Morgan fingerprint density at radius 3 is 1.68 bits per heavy atom. The third-order valence-electron chi connectivity index (χ3n) is 10.9. The molecule has 1 fully saturated rings. The molecule has 8 aromatic rings. The highest BCUT2D eigenvalue weighted by molar-refractivity contribution is 5.97. The minimum Gasteiger partial charge on any atom is -0.228 e. The zero-order valence-corrected chi connectivity index (χ0v) is 29.1. The predicted octanol–water partition coefficient (Wildman–Crippen LogP) is 11.4. The number of hydrogen-bond donors (Lipinski definition) is 0. The van der Waals surface area contributed by atoms with Gasteiger partial charge in [0.25, 0.3) is 0 Å². The van der Waals surface area contributed by atoms with Crippen molar-refractivity contribution in [2.75, 3.05) is 0 Å². The van der Waals surface area contributed by atoms with Gasteiger partial charge in [0.1, 0.15) is 0 Å². The van der Waals surface area contributed by atoms with E-state index in [1.54, 1.807) is 0 Å². The van der Waals surface area contributed by atoms with Crippen molar-refractivity contribution in [3.63, 3.8) is 0 Å². The van der Waals surface area contributed by atoms with Crippen LogP contribution in [0, 0.1) is 5.92 Å². The second kappa shape index (κ2) is 12.9. The molecule has 0 saturated heterocycles. The van der Waals surface area contributed by atoms with E-state index in [0.717, 1.165) is 55.5 Å². The van der Waals surface area contributed by atoms with Gasteiger partial charge < -0.3 is 0 Å². The zero-order chi connectivity index (χ0) is 35.2. The summed E-state index contributed by atoms with van der Waals surface area (Å²) in [5.74, 6) is 3.35. The highest BCUT2D eigenvalue weighted by Crippen LogP contribution is 2.51. The van der Waals surface area contributed by atoms with Crippen LogP contribution in [0.2, 0.25) is 0 Å². The number of rotatable bonds is 7. The summed E-state index contributed by atoms with van der Waals surface area (Å²) in [4.78, 5) is 25.5. The van der Waals surface area contributed by atoms with E-state index >= 15 is 0 Å². The Morgan fingerprint density at radius 1 is 0.453 bits per heavy atom. The van der Waals surface area contributed by atoms with E-state index in [9.17, 15) is 0 Å². The fourth-order valence-corrected chi connectivity index (χ4v) is 8.13. The van der Waals surface area contributed by atoms with Crippen LogP contribution in [0.1, 0.15) is 24.8 Å². The Bertz CT molecular complexity index is 2600. The molecule has 2 aromatic heterocycles. The van der Waals surface area contributed by atoms with Gasteiger partial charge in [-0.2, -0.15) is 0 Å². The van der Waals surface area contributed by atoms with Crippen LogP contribution >= 0.6 is 0 Å². The third-order valence-corrected chi connectivity index (χ3v) is 10.9. The number of allylic oxidation sites excluding steroid dienone is 2. The molecule has 0 radical (unpaired) electrons. The second-order valence-corrected chi connectivity index (χ2v) is 14.2. The molecule has 53 heavy (non-hydrogen) atoms. The summed E-state index contributed by atoms with van der Waals surface area (Å²) < 4.78 is 0. The molecule has 252 valence electrons. The van der Waals surface area contributed by atoms with Crippen LogP contribution in [0.25, 0.3) is 78.8 Å². The number of aromatic nitrogens is 5. The van der Waals surface area contributed by atoms with E-state index in [2.05, 4.69) is 115 Å². The summed E-state index contributed by atoms with van der Waals surface area (Å²) >= 11 is 0. The quantitative estimate of drug-likeness (QED) is 0.157. The molecule has 2 aliphatic carbocycles. The van der Waals surface area contributed by atoms with E-state index in [4.69, 9.17) is 24.9 Å². The lowest BCUT2D eigenvalue weighted by Crippen LogP contribution is -2.17. The Kier molecular flexibility index (Phi) is 7.57. The summed E-state index contributed by atoms with van der Waals surface area (Å²) in [5, 5.41) is 2.11. The molecule has 5 heteroatoms. The summed E-state index contributed by atoms with van der Waals surface area (Å²) in [6.45, 7) is 0. The van der Waals surface area contributed by atoms with Crippen LogP contribution in [0.4, 0.5) is 0 Å². The minimum absolute atomic E-state index is 0.123. The van der Waals surface area contributed by atoms with Gasteiger partial charge in [-0.15, -0.1) is 0 Å². The number of nitrogens with zero attached hydrogens (tertiary/aromatic N) is 5. The van der Waals surface area contributed by atoms with Gasteiger partial charge in [-0.3, -0.25) is 0 Å². The van der Waals surface area contributed by atoms with E-state index in [0.29, 0.717) is 29.2 Å². The van der Waals surface area contributed by atoms with Crippen LogP contribution in [-0.4, -0.2) is 24.9 Å². The summed E-state index contributed by atoms with van der Waals surface area (Å²) in [6, 6.07) is 54.4. The van der Waals surface area contributed by atoms with Gasteiger partial charge in [-0.05, 0) is 59.7 Å². The average Bonchev–Trinajstić information content (AvgIpc) is 3.87. The predicted molar refractivity (Wildman–Crippen MR) is 214 cm³/mol. The van der Waals surface area contributed by atoms with Gasteiger partial charge in [-0.1, -0.05) is 152 Å². The van der Waals surface area contributed by atoms with Crippen molar-refractivity contribution in [2.45, 2.75) is 24.7 Å². The molecular formula is C48H35N5. The van der Waals surface area contributed by atoms with Crippen LogP contribution in [0.15, 0.2) is 170 Å². The molecule has 2 atom stereocenters. The largest absolute Gasteiger partial charge is 0.228 e. The standard InChI is InChI=1S/C48H35N5/c1-4-12-33(13-5-1)42-30-43(34-14-6-2-7-15-34)50-45(49-42)38-22-23-40-36(28-38)18-11-21-41(40)47-52-44(35-16-8-3-9-17-35)51-46(53-47)37-19-10-20-39(29-37)48-26-24-32(31-48)25-27-48/h1-24,26,28-30,32H,25,27,31H2. The molecule has 0 spiro atoms. The highest BCUT2D eigenvalue weighted by Gasteiger charge is 2.42. The molecule has 2 aliphatic rings. The first-order chi connectivity index (χ1) is 26.2. The first-order valence-electron chi connectivity index (χ1n) is 18.3. The number of hydrogen-bond acceptors (Lipinski definition) is 5. The maximum atomic E-state index is 5.18.